The van der Waals surface area contributed by atoms with Crippen LogP contribution in [0.5, 0.6) is 5.75 Å². The molecule has 3 rings (SSSR count). The van der Waals surface area contributed by atoms with E-state index in [0.29, 0.717) is 16.8 Å². The number of alkyl halides is 2. The van der Waals surface area contributed by atoms with Crippen molar-refractivity contribution < 1.29 is 22.7 Å². The smallest absolute Gasteiger partial charge is 0.282 e. The molecule has 0 spiro atoms. The molecular formula is C19H16F3N3O2. The first-order valence-corrected chi connectivity index (χ1v) is 7.96. The van der Waals surface area contributed by atoms with Gasteiger partial charge in [-0.2, -0.15) is 5.10 Å². The standard InChI is InChI=1S/C19H16F3N3O2/c1-25-10-13(17(24-25)18(21)22)19(26)23-15-6-4-3-5-12(15)11-7-8-16(27-2)14(20)9-11/h3-10,18H,1-2H3,(H,23,26). The van der Waals surface area contributed by atoms with Crippen LogP contribution in [0.2, 0.25) is 0 Å². The second-order valence-electron chi connectivity index (χ2n) is 5.75. The highest BCUT2D eigenvalue weighted by Crippen LogP contribution is 2.31. The van der Waals surface area contributed by atoms with E-state index < -0.39 is 23.8 Å². The molecule has 0 fully saturated rings. The van der Waals surface area contributed by atoms with Crippen molar-refractivity contribution in [1.29, 1.82) is 0 Å². The Morgan fingerprint density at radius 2 is 1.96 bits per heavy atom. The van der Waals surface area contributed by atoms with Gasteiger partial charge in [0.1, 0.15) is 5.69 Å². The molecule has 27 heavy (non-hydrogen) atoms. The van der Waals surface area contributed by atoms with Crippen LogP contribution in [0.3, 0.4) is 0 Å². The molecule has 0 atom stereocenters. The van der Waals surface area contributed by atoms with Gasteiger partial charge in [0.25, 0.3) is 12.3 Å². The van der Waals surface area contributed by atoms with E-state index in [-0.39, 0.29) is 11.3 Å². The van der Waals surface area contributed by atoms with Gasteiger partial charge in [-0.15, -0.1) is 0 Å². The number of para-hydroxylation sites is 1. The first-order valence-electron chi connectivity index (χ1n) is 7.96. The minimum Gasteiger partial charge on any atom is -0.494 e. The van der Waals surface area contributed by atoms with E-state index >= 15 is 0 Å². The number of rotatable bonds is 5. The molecule has 3 aromatic rings. The lowest BCUT2D eigenvalue weighted by atomic mass is 10.0. The number of hydrogen-bond acceptors (Lipinski definition) is 3. The molecule has 0 saturated carbocycles. The normalized spacial score (nSPS) is 10.9. The first kappa shape index (κ1) is 18.5. The largest absolute Gasteiger partial charge is 0.494 e. The molecule has 0 saturated heterocycles. The average Bonchev–Trinajstić information content (AvgIpc) is 3.04. The van der Waals surface area contributed by atoms with Gasteiger partial charge < -0.3 is 10.1 Å². The highest BCUT2D eigenvalue weighted by molar-refractivity contribution is 6.06. The average molecular weight is 375 g/mol. The van der Waals surface area contributed by atoms with Crippen molar-refractivity contribution in [1.82, 2.24) is 9.78 Å². The number of methoxy groups -OCH3 is 1. The van der Waals surface area contributed by atoms with Crippen LogP contribution in [-0.2, 0) is 7.05 Å². The number of carbonyl (C=O) groups is 1. The quantitative estimate of drug-likeness (QED) is 0.718. The third-order valence-electron chi connectivity index (χ3n) is 3.95. The predicted molar refractivity (Wildman–Crippen MR) is 94.5 cm³/mol. The number of aromatic nitrogens is 2. The lowest BCUT2D eigenvalue weighted by Crippen LogP contribution is -2.14. The van der Waals surface area contributed by atoms with Gasteiger partial charge in [-0.3, -0.25) is 9.48 Å². The minimum absolute atomic E-state index is 0.0946. The number of aryl methyl sites for hydroxylation is 1. The van der Waals surface area contributed by atoms with Crippen molar-refractivity contribution in [2.75, 3.05) is 12.4 Å². The summed E-state index contributed by atoms with van der Waals surface area (Å²) >= 11 is 0. The molecule has 0 radical (unpaired) electrons. The molecule has 2 aromatic carbocycles. The number of anilines is 1. The molecule has 0 aliphatic heterocycles. The van der Waals surface area contributed by atoms with Gasteiger partial charge in [0.15, 0.2) is 11.6 Å². The summed E-state index contributed by atoms with van der Waals surface area (Å²) in [5, 5.41) is 6.23. The Morgan fingerprint density at radius 3 is 2.63 bits per heavy atom. The zero-order valence-electron chi connectivity index (χ0n) is 14.5. The molecule has 0 bridgehead atoms. The summed E-state index contributed by atoms with van der Waals surface area (Å²) in [5.74, 6) is -1.18. The Bertz CT molecular complexity index is 986. The molecule has 1 amide bonds. The lowest BCUT2D eigenvalue weighted by molar-refractivity contribution is 0.101. The Morgan fingerprint density at radius 1 is 1.22 bits per heavy atom. The second kappa shape index (κ2) is 7.53. The number of benzene rings is 2. The summed E-state index contributed by atoms with van der Waals surface area (Å²) in [6.45, 7) is 0. The van der Waals surface area contributed by atoms with Crippen molar-refractivity contribution in [3.8, 4) is 16.9 Å². The maximum atomic E-state index is 14.0. The van der Waals surface area contributed by atoms with Gasteiger partial charge in [-0.05, 0) is 23.8 Å². The highest BCUT2D eigenvalue weighted by atomic mass is 19.3. The molecule has 0 aliphatic carbocycles. The molecule has 0 unspecified atom stereocenters. The SMILES string of the molecule is COc1ccc(-c2ccccc2NC(=O)c2cn(C)nc2C(F)F)cc1F. The van der Waals surface area contributed by atoms with Crippen molar-refractivity contribution in [2.24, 2.45) is 7.05 Å². The number of carbonyl (C=O) groups excluding carboxylic acids is 1. The molecule has 140 valence electrons. The van der Waals surface area contributed by atoms with Crippen molar-refractivity contribution in [3.63, 3.8) is 0 Å². The lowest BCUT2D eigenvalue weighted by Gasteiger charge is -2.12. The summed E-state index contributed by atoms with van der Waals surface area (Å²) in [6, 6.07) is 11.1. The maximum Gasteiger partial charge on any atom is 0.282 e. The summed E-state index contributed by atoms with van der Waals surface area (Å²) in [6.07, 6.45) is -1.65. The number of nitrogens with one attached hydrogen (secondary N) is 1. The van der Waals surface area contributed by atoms with Crippen molar-refractivity contribution >= 4 is 11.6 Å². The van der Waals surface area contributed by atoms with Crippen LogP contribution in [0.15, 0.2) is 48.7 Å². The van der Waals surface area contributed by atoms with Crippen LogP contribution in [0.1, 0.15) is 22.5 Å². The predicted octanol–water partition coefficient (Wildman–Crippen LogP) is 4.42. The molecule has 0 aliphatic rings. The topological polar surface area (TPSA) is 56.1 Å². The third-order valence-corrected chi connectivity index (χ3v) is 3.95. The van der Waals surface area contributed by atoms with Gasteiger partial charge in [0, 0.05) is 24.5 Å². The number of hydrogen-bond donors (Lipinski definition) is 1. The van der Waals surface area contributed by atoms with Crippen LogP contribution in [-0.4, -0.2) is 22.8 Å². The zero-order chi connectivity index (χ0) is 19.6. The van der Waals surface area contributed by atoms with Gasteiger partial charge >= 0.3 is 0 Å². The van der Waals surface area contributed by atoms with E-state index in [1.807, 2.05) is 0 Å². The fourth-order valence-corrected chi connectivity index (χ4v) is 2.71. The fourth-order valence-electron chi connectivity index (χ4n) is 2.71. The van der Waals surface area contributed by atoms with Gasteiger partial charge in [0.2, 0.25) is 0 Å². The highest BCUT2D eigenvalue weighted by Gasteiger charge is 2.23. The Kier molecular flexibility index (Phi) is 5.16. The summed E-state index contributed by atoms with van der Waals surface area (Å²) < 4.78 is 46.3. The Balaban J connectivity index is 1.95. The van der Waals surface area contributed by atoms with Gasteiger partial charge in [-0.25, -0.2) is 13.2 Å². The number of amides is 1. The first-order chi connectivity index (χ1) is 12.9. The van der Waals surface area contributed by atoms with Crippen LogP contribution in [0, 0.1) is 5.82 Å². The summed E-state index contributed by atoms with van der Waals surface area (Å²) in [5.41, 5.74) is 0.585. The van der Waals surface area contributed by atoms with Gasteiger partial charge in [-0.1, -0.05) is 24.3 Å². The van der Waals surface area contributed by atoms with Gasteiger partial charge in [0.05, 0.1) is 12.7 Å². The third kappa shape index (κ3) is 3.79. The molecule has 1 N–H and O–H groups in total. The Labute approximate surface area is 153 Å². The van der Waals surface area contributed by atoms with E-state index in [1.54, 1.807) is 30.3 Å². The molecule has 1 aromatic heterocycles. The second-order valence-corrected chi connectivity index (χ2v) is 5.75. The zero-order valence-corrected chi connectivity index (χ0v) is 14.5. The van der Waals surface area contributed by atoms with Crippen molar-refractivity contribution in [3.05, 3.63) is 65.7 Å². The minimum atomic E-state index is -2.88. The number of ether oxygens (including phenoxy) is 1. The molecule has 8 heteroatoms. The fraction of sp³-hybridized carbons (Fsp3) is 0.158. The molecule has 1 heterocycles. The van der Waals surface area contributed by atoms with E-state index in [0.717, 1.165) is 4.68 Å². The van der Waals surface area contributed by atoms with E-state index in [1.165, 1.54) is 32.5 Å². The molecular weight excluding hydrogens is 359 g/mol. The van der Waals surface area contributed by atoms with Crippen LogP contribution in [0.25, 0.3) is 11.1 Å². The maximum absolute atomic E-state index is 14.0. The van der Waals surface area contributed by atoms with Crippen molar-refractivity contribution in [2.45, 2.75) is 6.43 Å². The van der Waals surface area contributed by atoms with E-state index in [4.69, 9.17) is 4.74 Å². The number of halogens is 3. The van der Waals surface area contributed by atoms with Crippen LogP contribution in [0.4, 0.5) is 18.9 Å². The summed E-state index contributed by atoms with van der Waals surface area (Å²) in [4.78, 5) is 12.5. The van der Waals surface area contributed by atoms with Crippen LogP contribution >= 0.6 is 0 Å². The van der Waals surface area contributed by atoms with E-state index in [2.05, 4.69) is 10.4 Å². The number of nitrogens with zero attached hydrogens (tertiary/aromatic N) is 2. The Hall–Kier alpha value is -3.29. The molecule has 5 nitrogen and oxygen atoms in total. The summed E-state index contributed by atoms with van der Waals surface area (Å²) in [7, 11) is 2.82. The monoisotopic (exact) mass is 375 g/mol. The van der Waals surface area contributed by atoms with Crippen LogP contribution < -0.4 is 10.1 Å². The van der Waals surface area contributed by atoms with E-state index in [9.17, 15) is 18.0 Å².